The maximum atomic E-state index is 12.4. The van der Waals surface area contributed by atoms with E-state index < -0.39 is 0 Å². The molecule has 0 aromatic heterocycles. The number of carbonyl (C=O) groups excluding carboxylic acids is 1. The molecule has 0 bridgehead atoms. The molecule has 36 heavy (non-hydrogen) atoms. The van der Waals surface area contributed by atoms with Crippen molar-refractivity contribution < 1.29 is 14.6 Å². The van der Waals surface area contributed by atoms with Crippen molar-refractivity contribution in [3.8, 4) is 11.5 Å². The van der Waals surface area contributed by atoms with Crippen molar-refractivity contribution in [2.24, 2.45) is 10.1 Å². The molecule has 2 aliphatic heterocycles. The number of amidine groups is 1. The molecular weight excluding hydrogens is 472 g/mol. The van der Waals surface area contributed by atoms with Crippen LogP contribution in [-0.2, 0) is 0 Å². The Labute approximate surface area is 214 Å². The number of thioether (sulfide) groups is 1. The van der Waals surface area contributed by atoms with Gasteiger partial charge >= 0.3 is 5.24 Å². The third-order valence-electron chi connectivity index (χ3n) is 6.15. The smallest absolute Gasteiger partial charge is 0.311 e. The second kappa shape index (κ2) is 9.91. The van der Waals surface area contributed by atoms with Crippen LogP contribution in [0.4, 0.5) is 10.5 Å². The van der Waals surface area contributed by atoms with Gasteiger partial charge in [0.25, 0.3) is 0 Å². The molecule has 8 heteroatoms. The lowest BCUT2D eigenvalue weighted by Gasteiger charge is -2.24. The molecule has 3 aromatic rings. The zero-order chi connectivity index (χ0) is 25.2. The summed E-state index contributed by atoms with van der Waals surface area (Å²) in [6, 6.07) is 22.9. The quantitative estimate of drug-likeness (QED) is 0.470. The summed E-state index contributed by atoms with van der Waals surface area (Å²) in [6.07, 6.45) is 2.57. The van der Waals surface area contributed by atoms with Crippen molar-refractivity contribution in [2.45, 2.75) is 12.5 Å². The highest BCUT2D eigenvalue weighted by atomic mass is 32.2. The Balaban J connectivity index is 1.54. The Morgan fingerprint density at radius 1 is 1.03 bits per heavy atom. The zero-order valence-electron chi connectivity index (χ0n) is 20.3. The first-order chi connectivity index (χ1) is 17.4. The van der Waals surface area contributed by atoms with Crippen LogP contribution in [0.2, 0.25) is 0 Å². The van der Waals surface area contributed by atoms with E-state index in [9.17, 15) is 9.90 Å². The lowest BCUT2D eigenvalue weighted by molar-refractivity contribution is 0.267. The highest BCUT2D eigenvalue weighted by molar-refractivity contribution is 8.18. The minimum Gasteiger partial charge on any atom is -0.508 e. The first-order valence-corrected chi connectivity index (χ1v) is 12.3. The Bertz CT molecular complexity index is 1360. The minimum atomic E-state index is -0.273. The fourth-order valence-corrected chi connectivity index (χ4v) is 4.95. The number of phenolic OH excluding ortho intramolecular Hbond substituents is 1. The van der Waals surface area contributed by atoms with E-state index in [1.54, 1.807) is 31.4 Å². The second-order valence-corrected chi connectivity index (χ2v) is 9.72. The van der Waals surface area contributed by atoms with E-state index in [2.05, 4.69) is 34.2 Å². The first kappa shape index (κ1) is 23.7. The van der Waals surface area contributed by atoms with Gasteiger partial charge in [0, 0.05) is 26.2 Å². The van der Waals surface area contributed by atoms with Crippen LogP contribution in [0.15, 0.2) is 87.8 Å². The third-order valence-corrected chi connectivity index (χ3v) is 6.94. The van der Waals surface area contributed by atoms with Crippen LogP contribution in [0.5, 0.6) is 11.5 Å². The molecule has 0 radical (unpaired) electrons. The summed E-state index contributed by atoms with van der Waals surface area (Å²) in [5, 5.41) is 16.2. The Hall–Kier alpha value is -4.04. The third kappa shape index (κ3) is 4.85. The number of rotatable bonds is 5. The average molecular weight is 499 g/mol. The predicted molar refractivity (Wildman–Crippen MR) is 146 cm³/mol. The van der Waals surface area contributed by atoms with Crippen molar-refractivity contribution in [3.63, 3.8) is 0 Å². The van der Waals surface area contributed by atoms with Gasteiger partial charge < -0.3 is 14.7 Å². The van der Waals surface area contributed by atoms with E-state index in [1.165, 1.54) is 0 Å². The number of aromatic hydroxyl groups is 1. The van der Waals surface area contributed by atoms with Gasteiger partial charge in [-0.3, -0.25) is 4.79 Å². The molecule has 0 saturated heterocycles. The molecule has 5 rings (SSSR count). The van der Waals surface area contributed by atoms with Crippen molar-refractivity contribution in [1.82, 2.24) is 5.01 Å². The molecule has 2 heterocycles. The van der Waals surface area contributed by atoms with Crippen LogP contribution in [0, 0.1) is 0 Å². The molecule has 1 atom stereocenters. The molecule has 7 nitrogen and oxygen atoms in total. The average Bonchev–Trinajstić information content (AvgIpc) is 3.49. The molecule has 1 unspecified atom stereocenters. The molecular formula is C28H26N4O3S. The standard InChI is InChI=1S/C28H26N4O3S/c1-31(2)21-10-6-20(7-11-21)25-17-24(19-8-14-23(35-3)15-9-19)30-32(25)27-26(36-28(34)29-27)16-18-4-12-22(33)13-5-18/h4-16,25,33H,17H2,1-3H3/b26-16-. The minimum absolute atomic E-state index is 0.119. The van der Waals surface area contributed by atoms with Gasteiger partial charge in [-0.1, -0.05) is 24.3 Å². The lowest BCUT2D eigenvalue weighted by atomic mass is 9.98. The number of methoxy groups -OCH3 is 1. The summed E-state index contributed by atoms with van der Waals surface area (Å²) < 4.78 is 5.31. The zero-order valence-corrected chi connectivity index (χ0v) is 21.1. The maximum absolute atomic E-state index is 12.4. The Morgan fingerprint density at radius 2 is 1.72 bits per heavy atom. The molecule has 0 saturated carbocycles. The molecule has 0 spiro atoms. The number of hydrazone groups is 1. The Morgan fingerprint density at radius 3 is 2.36 bits per heavy atom. The van der Waals surface area contributed by atoms with Crippen molar-refractivity contribution in [1.29, 1.82) is 0 Å². The van der Waals surface area contributed by atoms with Gasteiger partial charge in [-0.25, -0.2) is 5.01 Å². The predicted octanol–water partition coefficient (Wildman–Crippen LogP) is 5.92. The van der Waals surface area contributed by atoms with Crippen molar-refractivity contribution in [3.05, 3.63) is 94.4 Å². The number of benzene rings is 3. The molecule has 182 valence electrons. The van der Waals surface area contributed by atoms with E-state index in [1.807, 2.05) is 49.4 Å². The molecule has 0 aliphatic carbocycles. The number of phenols is 1. The van der Waals surface area contributed by atoms with Gasteiger partial charge in [0.05, 0.1) is 23.8 Å². The highest BCUT2D eigenvalue weighted by Crippen LogP contribution is 2.40. The van der Waals surface area contributed by atoms with E-state index >= 15 is 0 Å². The molecule has 0 fully saturated rings. The van der Waals surface area contributed by atoms with Gasteiger partial charge in [0.15, 0.2) is 5.84 Å². The number of nitrogens with zero attached hydrogens (tertiary/aromatic N) is 4. The van der Waals surface area contributed by atoms with Crippen LogP contribution in [0.3, 0.4) is 0 Å². The van der Waals surface area contributed by atoms with E-state index in [0.717, 1.165) is 50.5 Å². The maximum Gasteiger partial charge on any atom is 0.311 e. The van der Waals surface area contributed by atoms with Crippen molar-refractivity contribution in [2.75, 3.05) is 26.1 Å². The van der Waals surface area contributed by atoms with Crippen LogP contribution < -0.4 is 9.64 Å². The summed E-state index contributed by atoms with van der Waals surface area (Å²) in [5.41, 5.74) is 4.97. The SMILES string of the molecule is COc1ccc(C2=NN(C3=NC(=O)S/C3=C\c3ccc(O)cc3)C(c3ccc(N(C)C)cc3)C2)cc1. The molecule has 1 N–H and O–H groups in total. The number of ether oxygens (including phenoxy) is 1. The second-order valence-electron chi connectivity index (χ2n) is 8.73. The van der Waals surface area contributed by atoms with Gasteiger partial charge in [-0.15, -0.1) is 0 Å². The van der Waals surface area contributed by atoms with Gasteiger partial charge in [0.2, 0.25) is 0 Å². The summed E-state index contributed by atoms with van der Waals surface area (Å²) >= 11 is 1.09. The summed E-state index contributed by atoms with van der Waals surface area (Å²) in [7, 11) is 5.67. The van der Waals surface area contributed by atoms with Crippen molar-refractivity contribution >= 4 is 40.3 Å². The van der Waals surface area contributed by atoms with E-state index in [0.29, 0.717) is 12.3 Å². The van der Waals surface area contributed by atoms with Gasteiger partial charge in [-0.05, 0) is 83.1 Å². The first-order valence-electron chi connectivity index (χ1n) is 11.5. The summed E-state index contributed by atoms with van der Waals surface area (Å²) in [6.45, 7) is 0. The lowest BCUT2D eigenvalue weighted by Crippen LogP contribution is -2.26. The normalized spacial score (nSPS) is 18.4. The molecule has 3 aromatic carbocycles. The number of amides is 1. The van der Waals surface area contributed by atoms with Crippen LogP contribution in [-0.4, -0.2) is 48.1 Å². The Kier molecular flexibility index (Phi) is 6.52. The van der Waals surface area contributed by atoms with Gasteiger partial charge in [-0.2, -0.15) is 10.1 Å². The number of hydrogen-bond acceptors (Lipinski definition) is 7. The fraction of sp³-hybridized carbons (Fsp3) is 0.179. The summed E-state index contributed by atoms with van der Waals surface area (Å²) in [4.78, 5) is 19.6. The largest absolute Gasteiger partial charge is 0.508 e. The topological polar surface area (TPSA) is 77.7 Å². The number of aliphatic imine (C=N–C) groups is 1. The molecule has 1 amide bonds. The summed E-state index contributed by atoms with van der Waals surface area (Å²) in [5.74, 6) is 1.50. The van der Waals surface area contributed by atoms with E-state index in [-0.39, 0.29) is 17.0 Å². The number of anilines is 1. The monoisotopic (exact) mass is 498 g/mol. The van der Waals surface area contributed by atoms with Crippen LogP contribution in [0.1, 0.15) is 29.2 Å². The van der Waals surface area contributed by atoms with Crippen LogP contribution >= 0.6 is 11.8 Å². The van der Waals surface area contributed by atoms with E-state index in [4.69, 9.17) is 9.84 Å². The number of carbonyl (C=O) groups is 1. The fourth-order valence-electron chi connectivity index (χ4n) is 4.20. The van der Waals surface area contributed by atoms with Gasteiger partial charge in [0.1, 0.15) is 11.5 Å². The highest BCUT2D eigenvalue weighted by Gasteiger charge is 2.36. The number of hydrogen-bond donors (Lipinski definition) is 1. The molecule has 2 aliphatic rings. The van der Waals surface area contributed by atoms with Crippen LogP contribution in [0.25, 0.3) is 6.08 Å².